The number of aryl methyl sites for hydroxylation is 2. The van der Waals surface area contributed by atoms with Crippen LogP contribution in [-0.2, 0) is 7.05 Å². The topological polar surface area (TPSA) is 43.6 Å². The van der Waals surface area contributed by atoms with Crippen molar-refractivity contribution in [1.29, 1.82) is 0 Å². The maximum atomic E-state index is 12.5. The molecule has 1 aromatic heterocycles. The highest BCUT2D eigenvalue weighted by Gasteiger charge is 2.13. The molecule has 0 atom stereocenters. The molecule has 0 saturated heterocycles. The van der Waals surface area contributed by atoms with Gasteiger partial charge in [-0.1, -0.05) is 29.5 Å². The number of hydrogen-bond acceptors (Lipinski definition) is 3. The molecule has 23 heavy (non-hydrogen) atoms. The maximum absolute atomic E-state index is 12.5. The Hall–Kier alpha value is -1.67. The van der Waals surface area contributed by atoms with Crippen LogP contribution >= 0.6 is 33.9 Å². The third-order valence-corrected chi connectivity index (χ3v) is 5.84. The van der Waals surface area contributed by atoms with Crippen molar-refractivity contribution in [2.24, 2.45) is 12.0 Å². The molecule has 118 valence electrons. The molecule has 3 aromatic rings. The Kier molecular flexibility index (Phi) is 4.54. The number of nitrogens with zero attached hydrogens (tertiary/aromatic N) is 2. The van der Waals surface area contributed by atoms with Gasteiger partial charge in [0.2, 0.25) is 0 Å². The van der Waals surface area contributed by atoms with Crippen molar-refractivity contribution in [2.75, 3.05) is 7.11 Å². The Morgan fingerprint density at radius 2 is 2.00 bits per heavy atom. The standard InChI is InChI=1S/C17H15IN2O2S/c1-10-8-9-13(22-3)14-15(10)23-17(20(14)2)19-16(21)11-6-4-5-7-12(11)18/h4-9H,1-3H3. The third kappa shape index (κ3) is 2.92. The van der Waals surface area contributed by atoms with E-state index in [1.54, 1.807) is 13.2 Å². The summed E-state index contributed by atoms with van der Waals surface area (Å²) in [7, 11) is 3.55. The number of ether oxygens (including phenoxy) is 1. The van der Waals surface area contributed by atoms with E-state index in [0.717, 1.165) is 25.1 Å². The van der Waals surface area contributed by atoms with E-state index in [-0.39, 0.29) is 5.91 Å². The number of carbonyl (C=O) groups excluding carboxylic acids is 1. The first-order valence-electron chi connectivity index (χ1n) is 6.99. The molecule has 0 aliphatic carbocycles. The van der Waals surface area contributed by atoms with Crippen LogP contribution in [0.4, 0.5) is 0 Å². The summed E-state index contributed by atoms with van der Waals surface area (Å²) >= 11 is 3.66. The molecule has 0 aliphatic rings. The molecule has 0 N–H and O–H groups in total. The second kappa shape index (κ2) is 6.45. The van der Waals surface area contributed by atoms with Gasteiger partial charge in [0, 0.05) is 10.6 Å². The number of halogens is 1. The van der Waals surface area contributed by atoms with Gasteiger partial charge in [-0.05, 0) is 53.3 Å². The number of aromatic nitrogens is 1. The predicted octanol–water partition coefficient (Wildman–Crippen LogP) is 3.90. The van der Waals surface area contributed by atoms with E-state index in [0.29, 0.717) is 10.4 Å². The van der Waals surface area contributed by atoms with Gasteiger partial charge in [0.05, 0.1) is 17.4 Å². The van der Waals surface area contributed by atoms with Crippen LogP contribution in [-0.4, -0.2) is 17.6 Å². The summed E-state index contributed by atoms with van der Waals surface area (Å²) in [5.74, 6) is 0.557. The van der Waals surface area contributed by atoms with E-state index in [4.69, 9.17) is 4.74 Å². The molecule has 0 bridgehead atoms. The summed E-state index contributed by atoms with van der Waals surface area (Å²) in [6, 6.07) is 11.4. The Bertz CT molecular complexity index is 972. The minimum atomic E-state index is -0.228. The minimum Gasteiger partial charge on any atom is -0.495 e. The molecule has 0 aliphatic heterocycles. The molecule has 0 unspecified atom stereocenters. The van der Waals surface area contributed by atoms with Crippen molar-refractivity contribution in [2.45, 2.75) is 6.92 Å². The molecular formula is C17H15IN2O2S. The number of fused-ring (bicyclic) bond motifs is 1. The van der Waals surface area contributed by atoms with Gasteiger partial charge < -0.3 is 9.30 Å². The van der Waals surface area contributed by atoms with Gasteiger partial charge in [0.15, 0.2) is 4.80 Å². The average molecular weight is 438 g/mol. The summed E-state index contributed by atoms with van der Waals surface area (Å²) in [6.07, 6.45) is 0. The summed E-state index contributed by atoms with van der Waals surface area (Å²) in [4.78, 5) is 17.5. The number of thiazole rings is 1. The fourth-order valence-electron chi connectivity index (χ4n) is 2.40. The van der Waals surface area contributed by atoms with Crippen molar-refractivity contribution in [3.8, 4) is 5.75 Å². The fourth-order valence-corrected chi connectivity index (χ4v) is 4.12. The van der Waals surface area contributed by atoms with Gasteiger partial charge in [0.1, 0.15) is 11.3 Å². The highest BCUT2D eigenvalue weighted by molar-refractivity contribution is 14.1. The number of hydrogen-bond donors (Lipinski definition) is 0. The molecular weight excluding hydrogens is 423 g/mol. The number of methoxy groups -OCH3 is 1. The summed E-state index contributed by atoms with van der Waals surface area (Å²) in [5.41, 5.74) is 2.73. The van der Waals surface area contributed by atoms with Crippen LogP contribution in [0.15, 0.2) is 41.4 Å². The van der Waals surface area contributed by atoms with Crippen LogP contribution in [0.1, 0.15) is 15.9 Å². The molecule has 0 fully saturated rings. The Morgan fingerprint density at radius 1 is 1.26 bits per heavy atom. The highest BCUT2D eigenvalue weighted by atomic mass is 127. The molecule has 0 spiro atoms. The third-order valence-electron chi connectivity index (χ3n) is 3.63. The maximum Gasteiger partial charge on any atom is 0.280 e. The largest absolute Gasteiger partial charge is 0.495 e. The quantitative estimate of drug-likeness (QED) is 0.570. The second-order valence-corrected chi connectivity index (χ2v) is 7.24. The number of benzene rings is 2. The lowest BCUT2D eigenvalue weighted by Gasteiger charge is -2.05. The lowest BCUT2D eigenvalue weighted by molar-refractivity contribution is 0.0997. The van der Waals surface area contributed by atoms with Crippen LogP contribution in [0.2, 0.25) is 0 Å². The van der Waals surface area contributed by atoms with Gasteiger partial charge >= 0.3 is 0 Å². The van der Waals surface area contributed by atoms with E-state index in [9.17, 15) is 4.79 Å². The SMILES string of the molecule is COc1ccc(C)c2sc(=NC(=O)c3ccccc3I)n(C)c12. The van der Waals surface area contributed by atoms with Crippen molar-refractivity contribution in [3.05, 3.63) is 55.9 Å². The predicted molar refractivity (Wildman–Crippen MR) is 101 cm³/mol. The van der Waals surface area contributed by atoms with Crippen molar-refractivity contribution < 1.29 is 9.53 Å². The average Bonchev–Trinajstić information content (AvgIpc) is 2.86. The Balaban J connectivity index is 2.21. The summed E-state index contributed by atoms with van der Waals surface area (Å²) in [6.45, 7) is 2.05. The lowest BCUT2D eigenvalue weighted by Crippen LogP contribution is -2.14. The van der Waals surface area contributed by atoms with Crippen molar-refractivity contribution >= 4 is 50.1 Å². The first-order chi connectivity index (χ1) is 11.0. The van der Waals surface area contributed by atoms with Crippen molar-refractivity contribution in [1.82, 2.24) is 4.57 Å². The molecule has 3 rings (SSSR count). The van der Waals surface area contributed by atoms with Gasteiger partial charge in [-0.3, -0.25) is 4.79 Å². The van der Waals surface area contributed by atoms with Crippen molar-refractivity contribution in [3.63, 3.8) is 0 Å². The van der Waals surface area contributed by atoms with Gasteiger partial charge in [-0.2, -0.15) is 4.99 Å². The van der Waals surface area contributed by atoms with Gasteiger partial charge in [0.25, 0.3) is 5.91 Å². The molecule has 4 nitrogen and oxygen atoms in total. The van der Waals surface area contributed by atoms with E-state index >= 15 is 0 Å². The lowest BCUT2D eigenvalue weighted by atomic mass is 10.2. The van der Waals surface area contributed by atoms with E-state index in [1.807, 2.05) is 48.9 Å². The molecule has 6 heteroatoms. The molecule has 2 aromatic carbocycles. The van der Waals surface area contributed by atoms with Crippen LogP contribution in [0.5, 0.6) is 5.75 Å². The van der Waals surface area contributed by atoms with Crippen LogP contribution in [0.3, 0.4) is 0 Å². The van der Waals surface area contributed by atoms with Crippen LogP contribution in [0, 0.1) is 10.5 Å². The molecule has 0 radical (unpaired) electrons. The zero-order valence-electron chi connectivity index (χ0n) is 13.0. The number of amides is 1. The molecule has 1 amide bonds. The summed E-state index contributed by atoms with van der Waals surface area (Å²) < 4.78 is 9.34. The number of rotatable bonds is 2. The monoisotopic (exact) mass is 438 g/mol. The van der Waals surface area contributed by atoms with Gasteiger partial charge in [-0.15, -0.1) is 0 Å². The zero-order valence-corrected chi connectivity index (χ0v) is 15.9. The van der Waals surface area contributed by atoms with E-state index in [1.165, 1.54) is 11.3 Å². The molecule has 0 saturated carbocycles. The minimum absolute atomic E-state index is 0.228. The Labute approximate surface area is 151 Å². The van der Waals surface area contributed by atoms with E-state index < -0.39 is 0 Å². The first kappa shape index (κ1) is 16.2. The van der Waals surface area contributed by atoms with E-state index in [2.05, 4.69) is 27.6 Å². The zero-order chi connectivity index (χ0) is 16.6. The fraction of sp³-hybridized carbons (Fsp3) is 0.176. The normalized spacial score (nSPS) is 11.9. The van der Waals surface area contributed by atoms with Crippen LogP contribution < -0.4 is 9.54 Å². The Morgan fingerprint density at radius 3 is 2.70 bits per heavy atom. The summed E-state index contributed by atoms with van der Waals surface area (Å²) in [5, 5.41) is 0. The first-order valence-corrected chi connectivity index (χ1v) is 8.89. The van der Waals surface area contributed by atoms with Crippen LogP contribution in [0.25, 0.3) is 10.2 Å². The number of carbonyl (C=O) groups is 1. The van der Waals surface area contributed by atoms with Gasteiger partial charge in [-0.25, -0.2) is 0 Å². The highest BCUT2D eigenvalue weighted by Crippen LogP contribution is 2.29. The second-order valence-electron chi connectivity index (χ2n) is 5.10. The smallest absolute Gasteiger partial charge is 0.280 e. The molecule has 1 heterocycles.